The number of benzene rings is 3. The van der Waals surface area contributed by atoms with E-state index in [1.165, 1.54) is 31.4 Å². The van der Waals surface area contributed by atoms with Crippen LogP contribution in [-0.2, 0) is 14.3 Å². The first-order valence-corrected chi connectivity index (χ1v) is 10.5. The molecule has 1 unspecified atom stereocenters. The number of nitrogens with one attached hydrogen (secondary N) is 1. The van der Waals surface area contributed by atoms with Gasteiger partial charge in [-0.1, -0.05) is 54.1 Å². The summed E-state index contributed by atoms with van der Waals surface area (Å²) >= 11 is 5.81. The summed E-state index contributed by atoms with van der Waals surface area (Å²) in [5.41, 5.74) is 1.90. The highest BCUT2D eigenvalue weighted by Crippen LogP contribution is 2.28. The molecule has 0 saturated carbocycles. The Morgan fingerprint density at radius 3 is 2.50 bits per heavy atom. The van der Waals surface area contributed by atoms with Gasteiger partial charge in [0.1, 0.15) is 10.8 Å². The molecule has 1 atom stereocenters. The summed E-state index contributed by atoms with van der Waals surface area (Å²) in [7, 11) is 1.49. The fraction of sp³-hybridized carbons (Fsp3) is 0.120. The molecule has 0 aliphatic carbocycles. The summed E-state index contributed by atoms with van der Waals surface area (Å²) < 4.78 is 10.8. The lowest BCUT2D eigenvalue weighted by Crippen LogP contribution is -2.25. The lowest BCUT2D eigenvalue weighted by molar-refractivity contribution is -0.384. The van der Waals surface area contributed by atoms with E-state index in [1.54, 1.807) is 42.5 Å². The Bertz CT molecular complexity index is 1240. The van der Waals surface area contributed by atoms with Crippen LogP contribution < -0.4 is 10.1 Å². The maximum atomic E-state index is 13.1. The summed E-state index contributed by atoms with van der Waals surface area (Å²) in [6.45, 7) is 1.87. The van der Waals surface area contributed by atoms with Gasteiger partial charge in [-0.25, -0.2) is 4.79 Å². The fourth-order valence-corrected chi connectivity index (χ4v) is 3.30. The molecule has 3 aromatic carbocycles. The van der Waals surface area contributed by atoms with Crippen molar-refractivity contribution in [3.05, 3.63) is 105 Å². The minimum Gasteiger partial charge on any atom is -0.495 e. The molecule has 0 heterocycles. The summed E-state index contributed by atoms with van der Waals surface area (Å²) in [4.78, 5) is 36.1. The Hall–Kier alpha value is -4.17. The molecule has 0 spiro atoms. The standard InChI is InChI=1S/C25H21ClN2O6/c1-16-8-12-22(33-2)20(14-16)27-25(30)24(18-6-4-3-5-7-18)34-23(29)13-10-17-9-11-19(26)21(15-17)28(31)32/h3-15,24H,1-2H3,(H,27,30)/b13-10+. The number of amides is 1. The number of halogens is 1. The van der Waals surface area contributed by atoms with Crippen molar-refractivity contribution >= 4 is 40.9 Å². The number of rotatable bonds is 8. The first-order chi connectivity index (χ1) is 16.3. The van der Waals surface area contributed by atoms with Crippen LogP contribution in [0.4, 0.5) is 11.4 Å². The van der Waals surface area contributed by atoms with Crippen molar-refractivity contribution in [2.24, 2.45) is 0 Å². The van der Waals surface area contributed by atoms with Crippen LogP contribution in [0, 0.1) is 17.0 Å². The summed E-state index contributed by atoms with van der Waals surface area (Å²) in [6, 6.07) is 18.0. The largest absolute Gasteiger partial charge is 0.495 e. The number of hydrogen-bond donors (Lipinski definition) is 1. The number of nitro benzene ring substituents is 1. The molecule has 0 aliphatic rings. The van der Waals surface area contributed by atoms with Crippen LogP contribution >= 0.6 is 11.6 Å². The van der Waals surface area contributed by atoms with Crippen molar-refractivity contribution in [3.8, 4) is 5.75 Å². The topological polar surface area (TPSA) is 108 Å². The fourth-order valence-electron chi connectivity index (χ4n) is 3.11. The molecule has 0 aliphatic heterocycles. The average molecular weight is 481 g/mol. The minimum absolute atomic E-state index is 0.0166. The zero-order valence-electron chi connectivity index (χ0n) is 18.4. The van der Waals surface area contributed by atoms with Gasteiger partial charge in [0, 0.05) is 17.7 Å². The molecule has 9 heteroatoms. The maximum Gasteiger partial charge on any atom is 0.331 e. The lowest BCUT2D eigenvalue weighted by Gasteiger charge is -2.18. The summed E-state index contributed by atoms with van der Waals surface area (Å²) in [5, 5.41) is 13.8. The van der Waals surface area contributed by atoms with Crippen LogP contribution in [0.15, 0.2) is 72.8 Å². The van der Waals surface area contributed by atoms with Gasteiger partial charge in [0.2, 0.25) is 6.10 Å². The van der Waals surface area contributed by atoms with Crippen molar-refractivity contribution in [1.29, 1.82) is 0 Å². The SMILES string of the molecule is COc1ccc(C)cc1NC(=O)C(OC(=O)/C=C/c1ccc(Cl)c([N+](=O)[O-])c1)c1ccccc1. The highest BCUT2D eigenvalue weighted by Gasteiger charge is 2.25. The molecule has 0 saturated heterocycles. The van der Waals surface area contributed by atoms with E-state index >= 15 is 0 Å². The highest BCUT2D eigenvalue weighted by molar-refractivity contribution is 6.32. The van der Waals surface area contributed by atoms with Crippen molar-refractivity contribution < 1.29 is 24.0 Å². The van der Waals surface area contributed by atoms with Crippen LogP contribution in [0.2, 0.25) is 5.02 Å². The predicted molar refractivity (Wildman–Crippen MR) is 129 cm³/mol. The monoisotopic (exact) mass is 480 g/mol. The van der Waals surface area contributed by atoms with Crippen molar-refractivity contribution in [3.63, 3.8) is 0 Å². The van der Waals surface area contributed by atoms with Crippen molar-refractivity contribution in [1.82, 2.24) is 0 Å². The van der Waals surface area contributed by atoms with E-state index in [0.717, 1.165) is 11.6 Å². The summed E-state index contributed by atoms with van der Waals surface area (Å²) in [6.07, 6.45) is 1.18. The molecule has 34 heavy (non-hydrogen) atoms. The normalized spacial score (nSPS) is 11.6. The number of nitrogens with zero attached hydrogens (tertiary/aromatic N) is 1. The number of nitro groups is 1. The number of carbonyl (C=O) groups excluding carboxylic acids is 2. The molecule has 0 bridgehead atoms. The molecule has 3 aromatic rings. The van der Waals surface area contributed by atoms with Gasteiger partial charge in [0.05, 0.1) is 17.7 Å². The smallest absolute Gasteiger partial charge is 0.331 e. The Balaban J connectivity index is 1.82. The highest BCUT2D eigenvalue weighted by atomic mass is 35.5. The average Bonchev–Trinajstić information content (AvgIpc) is 2.82. The second kappa shape index (κ2) is 11.1. The van der Waals surface area contributed by atoms with E-state index in [2.05, 4.69) is 5.32 Å². The zero-order valence-corrected chi connectivity index (χ0v) is 19.1. The quantitative estimate of drug-likeness (QED) is 0.197. The van der Waals surface area contributed by atoms with E-state index in [0.29, 0.717) is 22.6 Å². The van der Waals surface area contributed by atoms with Crippen LogP contribution in [0.5, 0.6) is 5.75 Å². The van der Waals surface area contributed by atoms with Gasteiger partial charge < -0.3 is 14.8 Å². The van der Waals surface area contributed by atoms with Gasteiger partial charge in [-0.2, -0.15) is 0 Å². The van der Waals surface area contributed by atoms with Crippen LogP contribution in [0.3, 0.4) is 0 Å². The van der Waals surface area contributed by atoms with Gasteiger partial charge >= 0.3 is 5.97 Å². The predicted octanol–water partition coefficient (Wildman–Crippen LogP) is 5.50. The number of anilines is 1. The van der Waals surface area contributed by atoms with E-state index in [9.17, 15) is 19.7 Å². The molecule has 174 valence electrons. The number of methoxy groups -OCH3 is 1. The van der Waals surface area contributed by atoms with Crippen molar-refractivity contribution in [2.75, 3.05) is 12.4 Å². The Morgan fingerprint density at radius 2 is 1.82 bits per heavy atom. The van der Waals surface area contributed by atoms with E-state index < -0.39 is 22.9 Å². The Kier molecular flexibility index (Phi) is 8.00. The minimum atomic E-state index is -1.25. The molecular weight excluding hydrogens is 460 g/mol. The molecular formula is C25H21ClN2O6. The number of ether oxygens (including phenoxy) is 2. The molecule has 0 fully saturated rings. The third-order valence-corrected chi connectivity index (χ3v) is 5.09. The molecule has 1 N–H and O–H groups in total. The molecule has 1 amide bonds. The van der Waals surface area contributed by atoms with E-state index in [4.69, 9.17) is 21.1 Å². The number of hydrogen-bond acceptors (Lipinski definition) is 6. The molecule has 0 aromatic heterocycles. The van der Waals surface area contributed by atoms with Gasteiger partial charge in [0.15, 0.2) is 0 Å². The maximum absolute atomic E-state index is 13.1. The zero-order chi connectivity index (χ0) is 24.7. The molecule has 0 radical (unpaired) electrons. The summed E-state index contributed by atoms with van der Waals surface area (Å²) in [5.74, 6) is -0.918. The molecule has 8 nitrogen and oxygen atoms in total. The van der Waals surface area contributed by atoms with Gasteiger partial charge in [-0.05, 0) is 42.3 Å². The second-order valence-corrected chi connectivity index (χ2v) is 7.63. The third kappa shape index (κ3) is 6.20. The first-order valence-electron chi connectivity index (χ1n) is 10.1. The molecule has 3 rings (SSSR count). The van der Waals surface area contributed by atoms with E-state index in [1.807, 2.05) is 13.0 Å². The van der Waals surface area contributed by atoms with Gasteiger partial charge in [0.25, 0.3) is 11.6 Å². The van der Waals surface area contributed by atoms with Crippen LogP contribution in [0.25, 0.3) is 6.08 Å². The van der Waals surface area contributed by atoms with Gasteiger partial charge in [-0.15, -0.1) is 0 Å². The first kappa shape index (κ1) is 24.5. The number of carbonyl (C=O) groups is 2. The number of esters is 1. The Labute approximate surface area is 200 Å². The van der Waals surface area contributed by atoms with Crippen LogP contribution in [-0.4, -0.2) is 23.9 Å². The third-order valence-electron chi connectivity index (χ3n) is 4.77. The van der Waals surface area contributed by atoms with Crippen molar-refractivity contribution in [2.45, 2.75) is 13.0 Å². The Morgan fingerprint density at radius 1 is 1.09 bits per heavy atom. The van der Waals surface area contributed by atoms with Crippen LogP contribution in [0.1, 0.15) is 22.8 Å². The lowest BCUT2D eigenvalue weighted by atomic mass is 10.1. The van der Waals surface area contributed by atoms with Gasteiger partial charge in [-0.3, -0.25) is 14.9 Å². The second-order valence-electron chi connectivity index (χ2n) is 7.22. The number of aryl methyl sites for hydroxylation is 1. The van der Waals surface area contributed by atoms with E-state index in [-0.39, 0.29) is 10.7 Å².